The number of ether oxygens (including phenoxy) is 2. The van der Waals surface area contributed by atoms with Crippen LogP contribution >= 0.6 is 0 Å². The Morgan fingerprint density at radius 1 is 1.30 bits per heavy atom. The molecule has 1 aliphatic carbocycles. The molecule has 1 aromatic rings. The number of hydrogen-bond donors (Lipinski definition) is 2. The molecule has 1 saturated heterocycles. The third-order valence-electron chi connectivity index (χ3n) is 5.24. The highest BCUT2D eigenvalue weighted by molar-refractivity contribution is 5.44. The Balaban J connectivity index is 2.05. The second-order valence-corrected chi connectivity index (χ2v) is 5.98. The van der Waals surface area contributed by atoms with Crippen molar-refractivity contribution in [3.05, 3.63) is 29.3 Å². The van der Waals surface area contributed by atoms with Crippen molar-refractivity contribution in [3.63, 3.8) is 0 Å². The maximum absolute atomic E-state index is 11.4. The smallest absolute Gasteiger partial charge is 0.119 e. The van der Waals surface area contributed by atoms with Crippen molar-refractivity contribution < 1.29 is 14.6 Å². The first-order valence-electron chi connectivity index (χ1n) is 7.33. The highest BCUT2D eigenvalue weighted by atomic mass is 16.5. The molecule has 1 heterocycles. The molecule has 1 aliphatic heterocycles. The third kappa shape index (κ3) is 1.86. The van der Waals surface area contributed by atoms with E-state index in [0.717, 1.165) is 37.0 Å². The van der Waals surface area contributed by atoms with Gasteiger partial charge in [-0.2, -0.15) is 0 Å². The molecule has 3 rings (SSSR count). The monoisotopic (exact) mass is 277 g/mol. The lowest BCUT2D eigenvalue weighted by molar-refractivity contribution is -0.133. The van der Waals surface area contributed by atoms with Gasteiger partial charge in [0, 0.05) is 25.2 Å². The summed E-state index contributed by atoms with van der Waals surface area (Å²) in [4.78, 5) is 0. The Kier molecular flexibility index (Phi) is 3.48. The molecule has 3 N–H and O–H groups in total. The van der Waals surface area contributed by atoms with Crippen LogP contribution in [0.3, 0.4) is 0 Å². The van der Waals surface area contributed by atoms with Gasteiger partial charge < -0.3 is 20.3 Å². The van der Waals surface area contributed by atoms with Crippen LogP contribution in [-0.2, 0) is 16.8 Å². The van der Waals surface area contributed by atoms with E-state index in [1.165, 1.54) is 5.56 Å². The minimum absolute atomic E-state index is 0.275. The predicted molar refractivity (Wildman–Crippen MR) is 76.8 cm³/mol. The average molecular weight is 277 g/mol. The van der Waals surface area contributed by atoms with E-state index in [9.17, 15) is 5.11 Å². The van der Waals surface area contributed by atoms with Crippen molar-refractivity contribution in [2.24, 2.45) is 11.1 Å². The highest BCUT2D eigenvalue weighted by Crippen LogP contribution is 2.53. The molecule has 0 radical (unpaired) electrons. The molecule has 1 unspecified atom stereocenters. The number of rotatable bonds is 3. The summed E-state index contributed by atoms with van der Waals surface area (Å²) in [6.07, 6.45) is 3.28. The van der Waals surface area contributed by atoms with E-state index in [0.29, 0.717) is 19.8 Å². The van der Waals surface area contributed by atoms with E-state index in [2.05, 4.69) is 6.07 Å². The SMILES string of the molecule is COc1ccc2c(c1)C(O)(C1(CN)CCOCC1)CC2. The zero-order valence-electron chi connectivity index (χ0n) is 12.0. The number of benzene rings is 1. The van der Waals surface area contributed by atoms with Crippen LogP contribution < -0.4 is 10.5 Å². The number of fused-ring (bicyclic) bond motifs is 1. The van der Waals surface area contributed by atoms with E-state index in [1.807, 2.05) is 12.1 Å². The zero-order valence-corrected chi connectivity index (χ0v) is 12.0. The van der Waals surface area contributed by atoms with Gasteiger partial charge in [0.1, 0.15) is 5.75 Å². The summed E-state index contributed by atoms with van der Waals surface area (Å²) in [7, 11) is 1.66. The summed E-state index contributed by atoms with van der Waals surface area (Å²) in [6, 6.07) is 6.01. The quantitative estimate of drug-likeness (QED) is 0.880. The highest BCUT2D eigenvalue weighted by Gasteiger charge is 2.53. The van der Waals surface area contributed by atoms with Crippen LogP contribution in [0.1, 0.15) is 30.4 Å². The summed E-state index contributed by atoms with van der Waals surface area (Å²) >= 11 is 0. The van der Waals surface area contributed by atoms with Crippen LogP contribution in [0.4, 0.5) is 0 Å². The van der Waals surface area contributed by atoms with Gasteiger partial charge in [-0.25, -0.2) is 0 Å². The standard InChI is InChI=1S/C16H23NO3/c1-19-13-3-2-12-4-5-16(18,14(12)10-13)15(11-17)6-8-20-9-7-15/h2-3,10,18H,4-9,11,17H2,1H3. The number of nitrogens with two attached hydrogens (primary N) is 1. The molecule has 0 aromatic heterocycles. The zero-order chi connectivity index (χ0) is 14.2. The van der Waals surface area contributed by atoms with Gasteiger partial charge in [0.05, 0.1) is 12.7 Å². The number of aryl methyl sites for hydroxylation is 1. The van der Waals surface area contributed by atoms with Gasteiger partial charge in [0.15, 0.2) is 0 Å². The first-order chi connectivity index (χ1) is 9.65. The van der Waals surface area contributed by atoms with Gasteiger partial charge in [0.25, 0.3) is 0 Å². The summed E-state index contributed by atoms with van der Waals surface area (Å²) < 4.78 is 10.8. The number of aliphatic hydroxyl groups is 1. The lowest BCUT2D eigenvalue weighted by Gasteiger charge is -2.47. The second-order valence-electron chi connectivity index (χ2n) is 5.98. The van der Waals surface area contributed by atoms with Crippen LogP contribution in [0.5, 0.6) is 5.75 Å². The van der Waals surface area contributed by atoms with E-state index in [-0.39, 0.29) is 5.41 Å². The second kappa shape index (κ2) is 5.02. The topological polar surface area (TPSA) is 64.7 Å². The summed E-state index contributed by atoms with van der Waals surface area (Å²) in [5.74, 6) is 0.795. The molecule has 20 heavy (non-hydrogen) atoms. The molecular formula is C16H23NO3. The van der Waals surface area contributed by atoms with Crippen LogP contribution in [0.25, 0.3) is 0 Å². The van der Waals surface area contributed by atoms with Crippen molar-refractivity contribution in [3.8, 4) is 5.75 Å². The van der Waals surface area contributed by atoms with E-state index < -0.39 is 5.60 Å². The fourth-order valence-corrected chi connectivity index (χ4v) is 3.84. The van der Waals surface area contributed by atoms with Crippen LogP contribution in [0.2, 0.25) is 0 Å². The molecule has 1 atom stereocenters. The van der Waals surface area contributed by atoms with E-state index in [1.54, 1.807) is 7.11 Å². The van der Waals surface area contributed by atoms with Crippen LogP contribution in [0.15, 0.2) is 18.2 Å². The van der Waals surface area contributed by atoms with E-state index in [4.69, 9.17) is 15.2 Å². The average Bonchev–Trinajstić information content (AvgIpc) is 2.86. The summed E-state index contributed by atoms with van der Waals surface area (Å²) in [5, 5.41) is 11.4. The van der Waals surface area contributed by atoms with Gasteiger partial charge in [-0.05, 0) is 48.9 Å². The molecule has 0 bridgehead atoms. The Labute approximate surface area is 119 Å². The van der Waals surface area contributed by atoms with Crippen molar-refractivity contribution in [2.75, 3.05) is 26.9 Å². The molecule has 1 aromatic carbocycles. The Morgan fingerprint density at radius 2 is 2.05 bits per heavy atom. The predicted octanol–water partition coefficient (Wildman–Crippen LogP) is 1.58. The maximum Gasteiger partial charge on any atom is 0.119 e. The lowest BCUT2D eigenvalue weighted by Crippen LogP contribution is -2.52. The maximum atomic E-state index is 11.4. The first-order valence-corrected chi connectivity index (χ1v) is 7.33. The Bertz CT molecular complexity index is 496. The van der Waals surface area contributed by atoms with E-state index >= 15 is 0 Å². The molecule has 110 valence electrons. The van der Waals surface area contributed by atoms with Crippen molar-refractivity contribution in [2.45, 2.75) is 31.3 Å². The number of hydrogen-bond acceptors (Lipinski definition) is 4. The molecule has 0 saturated carbocycles. The summed E-state index contributed by atoms with van der Waals surface area (Å²) in [6.45, 7) is 1.85. The van der Waals surface area contributed by atoms with Gasteiger partial charge in [0.2, 0.25) is 0 Å². The molecule has 2 aliphatic rings. The molecular weight excluding hydrogens is 254 g/mol. The van der Waals surface area contributed by atoms with Gasteiger partial charge in [-0.1, -0.05) is 6.07 Å². The van der Waals surface area contributed by atoms with Crippen LogP contribution in [-0.4, -0.2) is 32.0 Å². The molecule has 4 nitrogen and oxygen atoms in total. The van der Waals surface area contributed by atoms with Crippen molar-refractivity contribution in [1.29, 1.82) is 0 Å². The summed E-state index contributed by atoms with van der Waals surface area (Å²) in [5.41, 5.74) is 7.18. The first kappa shape index (κ1) is 13.9. The fraction of sp³-hybridized carbons (Fsp3) is 0.625. The largest absolute Gasteiger partial charge is 0.497 e. The molecule has 0 amide bonds. The number of methoxy groups -OCH3 is 1. The van der Waals surface area contributed by atoms with Crippen molar-refractivity contribution >= 4 is 0 Å². The molecule has 1 fully saturated rings. The minimum Gasteiger partial charge on any atom is -0.497 e. The fourth-order valence-electron chi connectivity index (χ4n) is 3.84. The van der Waals surface area contributed by atoms with Crippen molar-refractivity contribution in [1.82, 2.24) is 0 Å². The minimum atomic E-state index is -0.852. The normalized spacial score (nSPS) is 28.1. The van der Waals surface area contributed by atoms with Gasteiger partial charge >= 0.3 is 0 Å². The Morgan fingerprint density at radius 3 is 2.70 bits per heavy atom. The third-order valence-corrected chi connectivity index (χ3v) is 5.24. The van der Waals surface area contributed by atoms with Gasteiger partial charge in [-0.3, -0.25) is 0 Å². The van der Waals surface area contributed by atoms with Gasteiger partial charge in [-0.15, -0.1) is 0 Å². The molecule has 0 spiro atoms. The Hall–Kier alpha value is -1.10. The molecule has 4 heteroatoms. The lowest BCUT2D eigenvalue weighted by atomic mass is 9.64. The van der Waals surface area contributed by atoms with Crippen LogP contribution in [0, 0.1) is 5.41 Å².